The first kappa shape index (κ1) is 22.6. The monoisotopic (exact) mass is 456 g/mol. The predicted molar refractivity (Wildman–Crippen MR) is 119 cm³/mol. The summed E-state index contributed by atoms with van der Waals surface area (Å²) in [5.74, 6) is -3.35. The van der Waals surface area contributed by atoms with Crippen molar-refractivity contribution in [2.24, 2.45) is 0 Å². The van der Waals surface area contributed by atoms with Crippen molar-refractivity contribution in [1.29, 1.82) is 0 Å². The Balaban J connectivity index is 1.74. The molecule has 33 heavy (non-hydrogen) atoms. The van der Waals surface area contributed by atoms with Crippen molar-refractivity contribution in [3.05, 3.63) is 101 Å². The van der Waals surface area contributed by atoms with Crippen LogP contribution >= 0.6 is 0 Å². The third kappa shape index (κ3) is 4.51. The minimum Gasteiger partial charge on any atom is -0.206 e. The molecule has 0 saturated heterocycles. The number of rotatable bonds is 5. The first-order valence-electron chi connectivity index (χ1n) is 10.3. The maximum absolute atomic E-state index is 15.0. The zero-order chi connectivity index (χ0) is 23.7. The third-order valence-electron chi connectivity index (χ3n) is 5.48. The Kier molecular flexibility index (Phi) is 6.27. The third-order valence-corrected chi connectivity index (χ3v) is 5.48. The van der Waals surface area contributed by atoms with E-state index in [0.29, 0.717) is 11.1 Å². The van der Waals surface area contributed by atoms with Gasteiger partial charge in [-0.1, -0.05) is 49.7 Å². The molecule has 0 radical (unpaired) electrons. The van der Waals surface area contributed by atoms with Gasteiger partial charge < -0.3 is 0 Å². The second kappa shape index (κ2) is 9.14. The molecular formula is C27H18F6. The van der Waals surface area contributed by atoms with Crippen molar-refractivity contribution in [2.45, 2.75) is 19.8 Å². The number of fused-ring (bicyclic) bond motifs is 1. The Morgan fingerprint density at radius 1 is 0.727 bits per heavy atom. The Morgan fingerprint density at radius 3 is 2.00 bits per heavy atom. The molecule has 0 N–H and O–H groups in total. The first-order valence-corrected chi connectivity index (χ1v) is 10.3. The number of benzene rings is 4. The Hall–Kier alpha value is -3.54. The van der Waals surface area contributed by atoms with E-state index in [0.717, 1.165) is 24.5 Å². The predicted octanol–water partition coefficient (Wildman–Crippen LogP) is 8.92. The van der Waals surface area contributed by atoms with Crippen LogP contribution < -0.4 is 0 Å². The largest absolute Gasteiger partial charge is 0.271 e. The molecule has 0 aromatic heterocycles. The fraction of sp³-hybridized carbons (Fsp3) is 0.111. The molecule has 6 heteroatoms. The molecule has 4 aromatic rings. The lowest BCUT2D eigenvalue weighted by Gasteiger charge is -2.11. The molecule has 4 rings (SSSR count). The Bertz CT molecular complexity index is 1380. The highest BCUT2D eigenvalue weighted by atomic mass is 19.3. The molecule has 0 saturated carbocycles. The van der Waals surface area contributed by atoms with Gasteiger partial charge in [0.25, 0.3) is 6.08 Å². The van der Waals surface area contributed by atoms with Gasteiger partial charge in [0.2, 0.25) is 0 Å². The summed E-state index contributed by atoms with van der Waals surface area (Å²) in [6, 6.07) is 14.1. The molecular weight excluding hydrogens is 438 g/mol. The molecule has 4 aromatic carbocycles. The van der Waals surface area contributed by atoms with Gasteiger partial charge in [0.05, 0.1) is 5.56 Å². The lowest BCUT2D eigenvalue weighted by molar-refractivity contribution is 0.428. The van der Waals surface area contributed by atoms with Crippen molar-refractivity contribution in [3.63, 3.8) is 0 Å². The van der Waals surface area contributed by atoms with Gasteiger partial charge in [-0.3, -0.25) is 0 Å². The minimum atomic E-state index is -2.22. The van der Waals surface area contributed by atoms with Crippen LogP contribution in [0.1, 0.15) is 24.5 Å². The molecule has 0 spiro atoms. The molecule has 168 valence electrons. The molecule has 0 atom stereocenters. The molecule has 0 heterocycles. The van der Waals surface area contributed by atoms with E-state index in [1.165, 1.54) is 36.4 Å². The summed E-state index contributed by atoms with van der Waals surface area (Å²) < 4.78 is 83.2. The highest BCUT2D eigenvalue weighted by molar-refractivity contribution is 5.90. The van der Waals surface area contributed by atoms with Gasteiger partial charge in [0.15, 0.2) is 0 Å². The average Bonchev–Trinajstić information content (AvgIpc) is 2.76. The normalized spacial score (nSPS) is 11.1. The molecule has 0 aliphatic heterocycles. The van der Waals surface area contributed by atoms with Crippen LogP contribution in [-0.4, -0.2) is 0 Å². The van der Waals surface area contributed by atoms with Gasteiger partial charge >= 0.3 is 0 Å². The summed E-state index contributed by atoms with van der Waals surface area (Å²) in [7, 11) is 0. The zero-order valence-corrected chi connectivity index (χ0v) is 17.5. The summed E-state index contributed by atoms with van der Waals surface area (Å²) in [6.07, 6.45) is -0.465. The van der Waals surface area contributed by atoms with Gasteiger partial charge in [-0.05, 0) is 52.8 Å². The van der Waals surface area contributed by atoms with E-state index in [4.69, 9.17) is 0 Å². The second-order valence-corrected chi connectivity index (χ2v) is 7.71. The minimum absolute atomic E-state index is 0.0704. The van der Waals surface area contributed by atoms with Crippen LogP contribution in [0.25, 0.3) is 39.1 Å². The van der Waals surface area contributed by atoms with Crippen LogP contribution in [-0.2, 0) is 6.42 Å². The second-order valence-electron chi connectivity index (χ2n) is 7.71. The molecule has 0 amide bonds. The van der Waals surface area contributed by atoms with Crippen LogP contribution in [0.5, 0.6) is 0 Å². The molecule has 0 bridgehead atoms. The van der Waals surface area contributed by atoms with E-state index in [1.54, 1.807) is 18.2 Å². The quantitative estimate of drug-likeness (QED) is 0.263. The van der Waals surface area contributed by atoms with E-state index < -0.39 is 34.9 Å². The van der Waals surface area contributed by atoms with Crippen molar-refractivity contribution < 1.29 is 26.3 Å². The molecule has 0 unspecified atom stereocenters. The number of halogens is 6. The van der Waals surface area contributed by atoms with E-state index in [1.807, 2.05) is 6.92 Å². The van der Waals surface area contributed by atoms with Gasteiger partial charge in [-0.2, -0.15) is 8.78 Å². The van der Waals surface area contributed by atoms with Crippen molar-refractivity contribution in [3.8, 4) is 22.3 Å². The Labute approximate surface area is 186 Å². The summed E-state index contributed by atoms with van der Waals surface area (Å²) >= 11 is 0. The standard InChI is InChI=1S/C27H18F6/c1-2-3-15-4-7-19(23(28)10-15)17-5-8-20(24(29)12-17)16-6-9-21-18(11-16)13-25(30)22(27(21)33)14-26(31)32/h4-14H,2-3H2,1H3. The number of hydrogen-bond donors (Lipinski definition) is 0. The van der Waals surface area contributed by atoms with Gasteiger partial charge in [-0.25, -0.2) is 17.6 Å². The topological polar surface area (TPSA) is 0 Å². The van der Waals surface area contributed by atoms with Crippen molar-refractivity contribution in [1.82, 2.24) is 0 Å². The molecule has 0 aliphatic carbocycles. The van der Waals surface area contributed by atoms with Crippen LogP contribution in [0.4, 0.5) is 26.3 Å². The highest BCUT2D eigenvalue weighted by Crippen LogP contribution is 2.33. The smallest absolute Gasteiger partial charge is 0.206 e. The average molecular weight is 456 g/mol. The number of aryl methyl sites for hydroxylation is 1. The summed E-state index contributed by atoms with van der Waals surface area (Å²) in [4.78, 5) is 0. The maximum Gasteiger partial charge on any atom is 0.271 e. The lowest BCUT2D eigenvalue weighted by atomic mass is 9.96. The van der Waals surface area contributed by atoms with Gasteiger partial charge in [0, 0.05) is 22.6 Å². The van der Waals surface area contributed by atoms with Crippen LogP contribution in [0, 0.1) is 23.3 Å². The summed E-state index contributed by atoms with van der Waals surface area (Å²) in [6.45, 7) is 2.00. The SMILES string of the molecule is CCCc1ccc(-c2ccc(-c3ccc4c(F)c(C=C(F)F)c(F)cc4c3)c(F)c2)c(F)c1. The lowest BCUT2D eigenvalue weighted by Crippen LogP contribution is -1.94. The van der Waals surface area contributed by atoms with Crippen LogP contribution in [0.3, 0.4) is 0 Å². The van der Waals surface area contributed by atoms with Crippen LogP contribution in [0.2, 0.25) is 0 Å². The summed E-state index contributed by atoms with van der Waals surface area (Å²) in [5, 5.41) is 0.0267. The van der Waals surface area contributed by atoms with E-state index >= 15 is 0 Å². The van der Waals surface area contributed by atoms with E-state index in [9.17, 15) is 26.3 Å². The fourth-order valence-corrected chi connectivity index (χ4v) is 3.91. The number of hydrogen-bond acceptors (Lipinski definition) is 0. The van der Waals surface area contributed by atoms with Gasteiger partial charge in [0.1, 0.15) is 23.3 Å². The van der Waals surface area contributed by atoms with Crippen molar-refractivity contribution in [2.75, 3.05) is 0 Å². The summed E-state index contributed by atoms with van der Waals surface area (Å²) in [5.41, 5.74) is 1.15. The highest BCUT2D eigenvalue weighted by Gasteiger charge is 2.16. The first-order chi connectivity index (χ1) is 15.8. The van der Waals surface area contributed by atoms with Crippen LogP contribution in [0.15, 0.2) is 66.7 Å². The van der Waals surface area contributed by atoms with E-state index in [2.05, 4.69) is 0 Å². The molecule has 0 nitrogen and oxygen atoms in total. The maximum atomic E-state index is 15.0. The van der Waals surface area contributed by atoms with Gasteiger partial charge in [-0.15, -0.1) is 0 Å². The zero-order valence-electron chi connectivity index (χ0n) is 17.5. The fourth-order valence-electron chi connectivity index (χ4n) is 3.91. The molecule has 0 fully saturated rings. The van der Waals surface area contributed by atoms with Crippen molar-refractivity contribution >= 4 is 16.8 Å². The molecule has 0 aliphatic rings. The van der Waals surface area contributed by atoms with E-state index in [-0.39, 0.29) is 28.0 Å². The Morgan fingerprint density at radius 2 is 1.36 bits per heavy atom.